The van der Waals surface area contributed by atoms with Gasteiger partial charge in [-0.3, -0.25) is 0 Å². The maximum atomic E-state index is 3.60. The second-order valence-electron chi connectivity index (χ2n) is 4.61. The number of hydrogen-bond acceptors (Lipinski definition) is 4. The van der Waals surface area contributed by atoms with E-state index >= 15 is 0 Å². The van der Waals surface area contributed by atoms with Gasteiger partial charge in [-0.05, 0) is 37.9 Å². The zero-order valence-electron chi connectivity index (χ0n) is 10.4. The van der Waals surface area contributed by atoms with Gasteiger partial charge in [0.15, 0.2) is 0 Å². The lowest BCUT2D eigenvalue weighted by molar-refractivity contribution is 0.0904. The lowest BCUT2D eigenvalue weighted by Crippen LogP contribution is -2.51. The highest BCUT2D eigenvalue weighted by molar-refractivity contribution is 7.10. The Morgan fingerprint density at radius 3 is 2.56 bits per heavy atom. The summed E-state index contributed by atoms with van der Waals surface area (Å²) in [5.41, 5.74) is 5.00. The molecule has 90 valence electrons. The molecular formula is C12H21N3S. The lowest BCUT2D eigenvalue weighted by atomic mass is 10.2. The summed E-state index contributed by atoms with van der Waals surface area (Å²) in [6, 6.07) is 2.63. The van der Waals surface area contributed by atoms with Gasteiger partial charge < -0.3 is 4.90 Å². The van der Waals surface area contributed by atoms with Crippen molar-refractivity contribution in [3.05, 3.63) is 21.9 Å². The van der Waals surface area contributed by atoms with Crippen LogP contribution in [0.4, 0.5) is 0 Å². The van der Waals surface area contributed by atoms with Crippen molar-refractivity contribution >= 4 is 11.3 Å². The van der Waals surface area contributed by atoms with Crippen molar-refractivity contribution in [2.24, 2.45) is 0 Å². The average molecular weight is 239 g/mol. The number of hydrogen-bond donors (Lipinski definition) is 1. The Morgan fingerprint density at radius 1 is 1.31 bits per heavy atom. The number of piperazine rings is 1. The van der Waals surface area contributed by atoms with Gasteiger partial charge in [-0.25, -0.2) is 10.4 Å². The molecule has 1 atom stereocenters. The van der Waals surface area contributed by atoms with Crippen molar-refractivity contribution in [3.63, 3.8) is 0 Å². The molecule has 1 aromatic heterocycles. The fourth-order valence-electron chi connectivity index (χ4n) is 2.10. The largest absolute Gasteiger partial charge is 0.304 e. The van der Waals surface area contributed by atoms with Gasteiger partial charge in [-0.1, -0.05) is 0 Å². The van der Waals surface area contributed by atoms with Gasteiger partial charge in [0.1, 0.15) is 0 Å². The van der Waals surface area contributed by atoms with Crippen LogP contribution < -0.4 is 5.43 Å². The van der Waals surface area contributed by atoms with Crippen LogP contribution >= 0.6 is 11.3 Å². The molecule has 0 bridgehead atoms. The van der Waals surface area contributed by atoms with Crippen LogP contribution in [-0.2, 0) is 0 Å². The molecule has 0 aromatic carbocycles. The first kappa shape index (κ1) is 12.0. The highest BCUT2D eigenvalue weighted by Gasteiger charge is 2.17. The molecule has 2 heterocycles. The van der Waals surface area contributed by atoms with Crippen molar-refractivity contribution < 1.29 is 0 Å². The van der Waals surface area contributed by atoms with E-state index in [-0.39, 0.29) is 0 Å². The minimum absolute atomic E-state index is 0.434. The smallest absolute Gasteiger partial charge is 0.0532 e. The van der Waals surface area contributed by atoms with E-state index < -0.39 is 0 Å². The molecule has 0 spiro atoms. The number of nitrogens with one attached hydrogen (secondary N) is 1. The van der Waals surface area contributed by atoms with Crippen LogP contribution in [0.5, 0.6) is 0 Å². The third-order valence-corrected chi connectivity index (χ3v) is 4.38. The fraction of sp³-hybridized carbons (Fsp3) is 0.667. The van der Waals surface area contributed by atoms with E-state index in [1.807, 2.05) is 11.3 Å². The Morgan fingerprint density at radius 2 is 2.00 bits per heavy atom. The summed E-state index contributed by atoms with van der Waals surface area (Å²) in [6.45, 7) is 8.98. The third kappa shape index (κ3) is 2.83. The molecule has 4 heteroatoms. The predicted octanol–water partition coefficient (Wildman–Crippen LogP) is 1.87. The van der Waals surface area contributed by atoms with Crippen LogP contribution in [0.15, 0.2) is 11.4 Å². The molecule has 16 heavy (non-hydrogen) atoms. The number of likely N-dealkylation sites (N-methyl/N-ethyl adjacent to an activating group) is 1. The van der Waals surface area contributed by atoms with Gasteiger partial charge in [-0.15, -0.1) is 11.3 Å². The zero-order valence-corrected chi connectivity index (χ0v) is 11.2. The molecule has 1 aliphatic rings. The van der Waals surface area contributed by atoms with Crippen LogP contribution in [0.25, 0.3) is 0 Å². The molecule has 1 saturated heterocycles. The van der Waals surface area contributed by atoms with Crippen molar-refractivity contribution in [2.45, 2.75) is 19.9 Å². The number of hydrazine groups is 1. The molecule has 1 fully saturated rings. The first-order valence-electron chi connectivity index (χ1n) is 5.90. The number of thiophene rings is 1. The van der Waals surface area contributed by atoms with Crippen LogP contribution in [0.1, 0.15) is 23.4 Å². The Hall–Kier alpha value is -0.420. The summed E-state index contributed by atoms with van der Waals surface area (Å²) < 4.78 is 0. The first-order chi connectivity index (χ1) is 7.66. The summed E-state index contributed by atoms with van der Waals surface area (Å²) in [6.07, 6.45) is 0. The number of nitrogens with zero attached hydrogens (tertiary/aromatic N) is 2. The molecule has 1 unspecified atom stereocenters. The van der Waals surface area contributed by atoms with Crippen LogP contribution in [0.2, 0.25) is 0 Å². The Kier molecular flexibility index (Phi) is 3.97. The summed E-state index contributed by atoms with van der Waals surface area (Å²) >= 11 is 1.85. The number of rotatable bonds is 3. The number of aryl methyl sites for hydroxylation is 1. The molecular weight excluding hydrogens is 218 g/mol. The van der Waals surface area contributed by atoms with Crippen molar-refractivity contribution in [2.75, 3.05) is 33.2 Å². The van der Waals surface area contributed by atoms with Crippen molar-refractivity contribution in [1.29, 1.82) is 0 Å². The third-order valence-electron chi connectivity index (χ3n) is 3.17. The monoisotopic (exact) mass is 239 g/mol. The molecule has 0 aliphatic carbocycles. The first-order valence-corrected chi connectivity index (χ1v) is 6.78. The molecule has 0 radical (unpaired) electrons. The molecule has 1 aliphatic heterocycles. The second kappa shape index (κ2) is 5.27. The van der Waals surface area contributed by atoms with Gasteiger partial charge in [0.2, 0.25) is 0 Å². The maximum Gasteiger partial charge on any atom is 0.0532 e. The Bertz CT molecular complexity index is 329. The highest BCUT2D eigenvalue weighted by Crippen LogP contribution is 2.23. The van der Waals surface area contributed by atoms with E-state index in [4.69, 9.17) is 0 Å². The van der Waals surface area contributed by atoms with E-state index in [1.54, 1.807) is 0 Å². The summed E-state index contributed by atoms with van der Waals surface area (Å²) in [5, 5.41) is 4.52. The van der Waals surface area contributed by atoms with E-state index in [1.165, 1.54) is 10.4 Å². The lowest BCUT2D eigenvalue weighted by Gasteiger charge is -2.34. The van der Waals surface area contributed by atoms with Crippen LogP contribution in [0, 0.1) is 6.92 Å². The molecule has 2 rings (SSSR count). The Labute approximate surface area is 102 Å². The van der Waals surface area contributed by atoms with Crippen molar-refractivity contribution in [1.82, 2.24) is 15.3 Å². The van der Waals surface area contributed by atoms with Gasteiger partial charge in [-0.2, -0.15) is 0 Å². The summed E-state index contributed by atoms with van der Waals surface area (Å²) in [4.78, 5) is 3.83. The molecule has 3 nitrogen and oxygen atoms in total. The van der Waals surface area contributed by atoms with Gasteiger partial charge in [0.05, 0.1) is 6.04 Å². The maximum absolute atomic E-state index is 3.60. The van der Waals surface area contributed by atoms with E-state index in [0.717, 1.165) is 26.2 Å². The van der Waals surface area contributed by atoms with E-state index in [9.17, 15) is 0 Å². The fourth-order valence-corrected chi connectivity index (χ4v) is 3.03. The quantitative estimate of drug-likeness (QED) is 0.869. The van der Waals surface area contributed by atoms with Gasteiger partial charge >= 0.3 is 0 Å². The van der Waals surface area contributed by atoms with Gasteiger partial charge in [0.25, 0.3) is 0 Å². The molecule has 1 N–H and O–H groups in total. The van der Waals surface area contributed by atoms with Crippen LogP contribution in [-0.4, -0.2) is 43.1 Å². The minimum atomic E-state index is 0.434. The molecule has 1 aromatic rings. The zero-order chi connectivity index (χ0) is 11.5. The highest BCUT2D eigenvalue weighted by atomic mass is 32.1. The van der Waals surface area contributed by atoms with Gasteiger partial charge in [0, 0.05) is 31.1 Å². The topological polar surface area (TPSA) is 18.5 Å². The van der Waals surface area contributed by atoms with Crippen molar-refractivity contribution in [3.8, 4) is 0 Å². The summed E-state index contributed by atoms with van der Waals surface area (Å²) in [7, 11) is 2.18. The van der Waals surface area contributed by atoms with Crippen LogP contribution in [0.3, 0.4) is 0 Å². The van der Waals surface area contributed by atoms with E-state index in [2.05, 4.69) is 47.7 Å². The Balaban J connectivity index is 1.88. The van der Waals surface area contributed by atoms with E-state index in [0.29, 0.717) is 6.04 Å². The molecule has 0 amide bonds. The average Bonchev–Trinajstić information content (AvgIpc) is 2.68. The summed E-state index contributed by atoms with van der Waals surface area (Å²) in [5.74, 6) is 0. The minimum Gasteiger partial charge on any atom is -0.304 e. The second-order valence-corrected chi connectivity index (χ2v) is 5.56. The normalized spacial score (nSPS) is 21.2. The molecule has 0 saturated carbocycles. The SMILES string of the molecule is Cc1ccsc1C(C)NN1CCN(C)CC1. The predicted molar refractivity (Wildman–Crippen MR) is 69.7 cm³/mol. The standard InChI is InChI=1S/C12H21N3S/c1-10-4-9-16-12(10)11(2)13-15-7-5-14(3)6-8-15/h4,9,11,13H,5-8H2,1-3H3.